The van der Waals surface area contributed by atoms with Crippen molar-refractivity contribution in [1.29, 1.82) is 5.26 Å². The zero-order chi connectivity index (χ0) is 20.4. The molecule has 4 rings (SSSR count). The molecule has 6 nitrogen and oxygen atoms in total. The zero-order valence-electron chi connectivity index (χ0n) is 15.7. The normalized spacial score (nSPS) is 14.3. The molecular formula is C22H18FN5O. The molecule has 1 N–H and O–H groups in total. The summed E-state index contributed by atoms with van der Waals surface area (Å²) in [6.07, 6.45) is 2.93. The van der Waals surface area contributed by atoms with Gasteiger partial charge in [0.15, 0.2) is 0 Å². The second-order valence-corrected chi connectivity index (χ2v) is 7.00. The van der Waals surface area contributed by atoms with E-state index in [1.54, 1.807) is 35.0 Å². The summed E-state index contributed by atoms with van der Waals surface area (Å²) >= 11 is 0. The molecule has 2 unspecified atom stereocenters. The van der Waals surface area contributed by atoms with E-state index in [0.29, 0.717) is 16.8 Å². The van der Waals surface area contributed by atoms with Crippen LogP contribution < -0.4 is 0 Å². The first-order valence-electron chi connectivity index (χ1n) is 9.11. The third-order valence-electron chi connectivity index (χ3n) is 5.21. The maximum absolute atomic E-state index is 13.5. The first kappa shape index (κ1) is 18.7. The molecule has 2 aromatic heterocycles. The van der Waals surface area contributed by atoms with Crippen LogP contribution in [0.15, 0.2) is 67.3 Å². The lowest BCUT2D eigenvalue weighted by Gasteiger charge is -2.34. The molecule has 4 aromatic rings. The fourth-order valence-corrected chi connectivity index (χ4v) is 3.47. The number of rotatable bonds is 5. The fraction of sp³-hybridized carbons (Fsp3) is 0.182. The number of nitriles is 1. The summed E-state index contributed by atoms with van der Waals surface area (Å²) < 4.78 is 15.0. The van der Waals surface area contributed by atoms with Crippen LogP contribution in [0.25, 0.3) is 10.9 Å². The summed E-state index contributed by atoms with van der Waals surface area (Å²) in [5, 5.41) is 25.8. The van der Waals surface area contributed by atoms with Crippen LogP contribution in [-0.4, -0.2) is 24.9 Å². The Bertz CT molecular complexity index is 1180. The van der Waals surface area contributed by atoms with Gasteiger partial charge in [0.05, 0.1) is 23.7 Å². The second kappa shape index (κ2) is 7.41. The van der Waals surface area contributed by atoms with E-state index in [4.69, 9.17) is 10.2 Å². The predicted octanol–water partition coefficient (Wildman–Crippen LogP) is 3.53. The molecule has 0 aliphatic rings. The van der Waals surface area contributed by atoms with Gasteiger partial charge in [0, 0.05) is 17.0 Å². The monoisotopic (exact) mass is 387 g/mol. The Hall–Kier alpha value is -3.63. The average Bonchev–Trinajstić information content (AvgIpc) is 3.25. The molecule has 7 heteroatoms. The van der Waals surface area contributed by atoms with Gasteiger partial charge < -0.3 is 5.11 Å². The van der Waals surface area contributed by atoms with Crippen molar-refractivity contribution in [2.75, 3.05) is 0 Å². The lowest BCUT2D eigenvalue weighted by Crippen LogP contribution is -2.37. The van der Waals surface area contributed by atoms with Crippen LogP contribution in [-0.2, 0) is 12.1 Å². The maximum atomic E-state index is 13.5. The van der Waals surface area contributed by atoms with Crippen LogP contribution in [0.3, 0.4) is 0 Å². The summed E-state index contributed by atoms with van der Waals surface area (Å²) in [4.78, 5) is 8.64. The molecule has 29 heavy (non-hydrogen) atoms. The quantitative estimate of drug-likeness (QED) is 0.566. The van der Waals surface area contributed by atoms with E-state index in [1.165, 1.54) is 24.8 Å². The third kappa shape index (κ3) is 3.58. The first-order valence-corrected chi connectivity index (χ1v) is 9.11. The van der Waals surface area contributed by atoms with Crippen LogP contribution >= 0.6 is 0 Å². The van der Waals surface area contributed by atoms with Crippen molar-refractivity contribution < 1.29 is 9.50 Å². The van der Waals surface area contributed by atoms with Crippen LogP contribution in [0, 0.1) is 17.1 Å². The average molecular weight is 387 g/mol. The number of pyridine rings is 1. The molecule has 144 valence electrons. The van der Waals surface area contributed by atoms with Gasteiger partial charge >= 0.3 is 0 Å². The van der Waals surface area contributed by atoms with E-state index in [-0.39, 0.29) is 12.4 Å². The lowest BCUT2D eigenvalue weighted by molar-refractivity contribution is -0.00909. The first-order chi connectivity index (χ1) is 14.0. The molecule has 2 aromatic carbocycles. The van der Waals surface area contributed by atoms with E-state index >= 15 is 0 Å². The summed E-state index contributed by atoms with van der Waals surface area (Å²) in [5.74, 6) is -0.807. The van der Waals surface area contributed by atoms with E-state index in [9.17, 15) is 9.50 Å². The van der Waals surface area contributed by atoms with Crippen LogP contribution in [0.1, 0.15) is 29.7 Å². The Morgan fingerprint density at radius 1 is 1.17 bits per heavy atom. The minimum Gasteiger partial charge on any atom is -0.383 e. The summed E-state index contributed by atoms with van der Waals surface area (Å²) in [7, 11) is 0. The molecule has 0 amide bonds. The molecule has 0 saturated heterocycles. The van der Waals surface area contributed by atoms with Crippen molar-refractivity contribution in [1.82, 2.24) is 19.7 Å². The smallest absolute Gasteiger partial charge is 0.137 e. The molecule has 0 fully saturated rings. The molecule has 0 aliphatic carbocycles. The van der Waals surface area contributed by atoms with Gasteiger partial charge in [-0.1, -0.05) is 25.1 Å². The maximum Gasteiger partial charge on any atom is 0.137 e. The number of hydrogen-bond donors (Lipinski definition) is 1. The van der Waals surface area contributed by atoms with Crippen molar-refractivity contribution >= 4 is 10.9 Å². The molecule has 0 bridgehead atoms. The summed E-state index contributed by atoms with van der Waals surface area (Å²) in [6.45, 7) is 2.00. The lowest BCUT2D eigenvalue weighted by atomic mass is 9.80. The highest BCUT2D eigenvalue weighted by Crippen LogP contribution is 2.38. The second-order valence-electron chi connectivity index (χ2n) is 7.00. The fourth-order valence-electron chi connectivity index (χ4n) is 3.47. The largest absolute Gasteiger partial charge is 0.383 e. The SMILES string of the molecule is CC(c1ccc2cc(C#N)ccc2n1)C(O)(Cn1cncn1)c1ccc(F)cc1. The minimum atomic E-state index is -1.39. The number of halogens is 1. The molecule has 2 atom stereocenters. The number of aromatic nitrogens is 4. The van der Waals surface area contributed by atoms with Gasteiger partial charge in [-0.25, -0.2) is 14.1 Å². The van der Waals surface area contributed by atoms with Gasteiger partial charge in [0.2, 0.25) is 0 Å². The Morgan fingerprint density at radius 2 is 1.97 bits per heavy atom. The van der Waals surface area contributed by atoms with Gasteiger partial charge in [-0.15, -0.1) is 0 Å². The standard InChI is InChI=1S/C22H18FN5O/c1-15(20-9-3-17-10-16(11-24)2-8-21(17)27-20)22(29,12-28-14-25-13-26-28)18-4-6-19(23)7-5-18/h2-10,13-15,29H,12H2,1H3. The van der Waals surface area contributed by atoms with Crippen molar-refractivity contribution in [3.05, 3.63) is 89.9 Å². The molecule has 2 heterocycles. The number of hydrogen-bond acceptors (Lipinski definition) is 5. The number of nitrogens with zero attached hydrogens (tertiary/aromatic N) is 5. The third-order valence-corrected chi connectivity index (χ3v) is 5.21. The Kier molecular flexibility index (Phi) is 4.79. The minimum absolute atomic E-state index is 0.132. The van der Waals surface area contributed by atoms with E-state index in [1.807, 2.05) is 19.1 Å². The van der Waals surface area contributed by atoms with Crippen molar-refractivity contribution in [2.45, 2.75) is 25.0 Å². The van der Waals surface area contributed by atoms with Gasteiger partial charge in [0.1, 0.15) is 24.1 Å². The highest BCUT2D eigenvalue weighted by molar-refractivity contribution is 5.80. The zero-order valence-corrected chi connectivity index (χ0v) is 15.7. The Balaban J connectivity index is 1.78. The topological polar surface area (TPSA) is 87.6 Å². The highest BCUT2D eigenvalue weighted by atomic mass is 19.1. The van der Waals surface area contributed by atoms with Gasteiger partial charge in [-0.2, -0.15) is 10.4 Å². The van der Waals surface area contributed by atoms with Crippen molar-refractivity contribution in [2.24, 2.45) is 0 Å². The van der Waals surface area contributed by atoms with E-state index < -0.39 is 11.5 Å². The number of aliphatic hydroxyl groups is 1. The molecule has 0 spiro atoms. The van der Waals surface area contributed by atoms with E-state index in [2.05, 4.69) is 16.2 Å². The summed E-state index contributed by atoms with van der Waals surface area (Å²) in [5.41, 5.74) is 1.14. The van der Waals surface area contributed by atoms with Gasteiger partial charge in [-0.05, 0) is 42.0 Å². The predicted molar refractivity (Wildman–Crippen MR) is 105 cm³/mol. The van der Waals surface area contributed by atoms with Gasteiger partial charge in [-0.3, -0.25) is 4.98 Å². The summed E-state index contributed by atoms with van der Waals surface area (Å²) in [6, 6.07) is 16.9. The van der Waals surface area contributed by atoms with Crippen LogP contribution in [0.4, 0.5) is 4.39 Å². The number of benzene rings is 2. The Labute approximate surface area is 166 Å². The number of fused-ring (bicyclic) bond motifs is 1. The van der Waals surface area contributed by atoms with E-state index in [0.717, 1.165) is 10.9 Å². The molecule has 0 radical (unpaired) electrons. The van der Waals surface area contributed by atoms with Gasteiger partial charge in [0.25, 0.3) is 0 Å². The van der Waals surface area contributed by atoms with Crippen LogP contribution in [0.2, 0.25) is 0 Å². The molecule has 0 saturated carbocycles. The van der Waals surface area contributed by atoms with Crippen LogP contribution in [0.5, 0.6) is 0 Å². The Morgan fingerprint density at radius 3 is 2.66 bits per heavy atom. The molecule has 0 aliphatic heterocycles. The highest BCUT2D eigenvalue weighted by Gasteiger charge is 2.38. The van der Waals surface area contributed by atoms with Crippen molar-refractivity contribution in [3.8, 4) is 6.07 Å². The van der Waals surface area contributed by atoms with Crippen molar-refractivity contribution in [3.63, 3.8) is 0 Å². The molecular weight excluding hydrogens is 369 g/mol.